The van der Waals surface area contributed by atoms with Crippen LogP contribution in [-0.2, 0) is 4.79 Å². The number of imide groups is 3. The van der Waals surface area contributed by atoms with Crippen molar-refractivity contribution >= 4 is 23.4 Å². The van der Waals surface area contributed by atoms with E-state index in [1.807, 2.05) is 13.8 Å². The van der Waals surface area contributed by atoms with Crippen molar-refractivity contribution in [3.05, 3.63) is 29.3 Å². The Morgan fingerprint density at radius 2 is 2.05 bits per heavy atom. The third-order valence-corrected chi connectivity index (χ3v) is 3.23. The quantitative estimate of drug-likeness (QED) is 0.625. The number of anilines is 1. The summed E-state index contributed by atoms with van der Waals surface area (Å²) in [6.45, 7) is 4.46. The molecule has 0 aliphatic carbocycles. The summed E-state index contributed by atoms with van der Waals surface area (Å²) in [7, 11) is 0. The number of nitrogens with two attached hydrogens (primary N) is 1. The number of amides is 3. The molecule has 6 heteroatoms. The maximum absolute atomic E-state index is 12.2. The first-order chi connectivity index (χ1) is 9.47. The van der Waals surface area contributed by atoms with Crippen LogP contribution in [0.15, 0.2) is 18.2 Å². The number of nitrogen functional groups attached to an aromatic ring is 1. The zero-order valence-electron chi connectivity index (χ0n) is 11.5. The molecule has 1 unspecified atom stereocenters. The van der Waals surface area contributed by atoms with Crippen LogP contribution < -0.4 is 11.1 Å². The van der Waals surface area contributed by atoms with E-state index in [0.717, 1.165) is 0 Å². The van der Waals surface area contributed by atoms with E-state index in [2.05, 4.69) is 5.32 Å². The number of hydrogen-bond donors (Lipinski definition) is 2. The fourth-order valence-electron chi connectivity index (χ4n) is 2.31. The molecule has 1 atom stereocenters. The topological polar surface area (TPSA) is 92.5 Å². The van der Waals surface area contributed by atoms with Gasteiger partial charge >= 0.3 is 0 Å². The Bertz CT molecular complexity index is 583. The first kappa shape index (κ1) is 14.2. The van der Waals surface area contributed by atoms with E-state index in [1.54, 1.807) is 12.1 Å². The molecule has 2 rings (SSSR count). The van der Waals surface area contributed by atoms with Gasteiger partial charge in [0, 0.05) is 18.2 Å². The molecule has 20 heavy (non-hydrogen) atoms. The Hall–Kier alpha value is -2.21. The highest BCUT2D eigenvalue weighted by molar-refractivity contribution is 6.30. The third-order valence-electron chi connectivity index (χ3n) is 3.23. The molecule has 0 bridgehead atoms. The van der Waals surface area contributed by atoms with E-state index in [1.165, 1.54) is 6.07 Å². The molecule has 3 amide bonds. The highest BCUT2D eigenvalue weighted by Crippen LogP contribution is 2.28. The molecular formula is C14H17N3O3. The molecule has 0 aromatic heterocycles. The number of fused-ring (bicyclic) bond motifs is 1. The number of carbonyl (C=O) groups excluding carboxylic acids is 3. The minimum atomic E-state index is -0.628. The molecule has 1 heterocycles. The first-order valence-electron chi connectivity index (χ1n) is 6.50. The second kappa shape index (κ2) is 5.42. The summed E-state index contributed by atoms with van der Waals surface area (Å²) in [5.74, 6) is -1.73. The molecule has 0 saturated heterocycles. The van der Waals surface area contributed by atoms with Crippen LogP contribution in [0, 0.1) is 0 Å². The Morgan fingerprint density at radius 3 is 2.65 bits per heavy atom. The van der Waals surface area contributed by atoms with E-state index in [9.17, 15) is 14.4 Å². The van der Waals surface area contributed by atoms with Crippen molar-refractivity contribution in [3.8, 4) is 0 Å². The summed E-state index contributed by atoms with van der Waals surface area (Å²) in [5, 5.41) is 3.07. The second-order valence-corrected chi connectivity index (χ2v) is 4.77. The first-order valence-corrected chi connectivity index (χ1v) is 6.50. The predicted molar refractivity (Wildman–Crippen MR) is 74.1 cm³/mol. The average molecular weight is 275 g/mol. The average Bonchev–Trinajstić information content (AvgIpc) is 2.63. The number of hydrogen-bond acceptors (Lipinski definition) is 5. The maximum Gasteiger partial charge on any atom is 0.270 e. The number of nitrogens with one attached hydrogen (secondary N) is 1. The Morgan fingerprint density at radius 1 is 1.35 bits per heavy atom. The summed E-state index contributed by atoms with van der Waals surface area (Å²) in [5.41, 5.74) is 6.25. The molecule has 106 valence electrons. The van der Waals surface area contributed by atoms with E-state index >= 15 is 0 Å². The molecular weight excluding hydrogens is 258 g/mol. The fourth-order valence-corrected chi connectivity index (χ4v) is 2.31. The molecule has 0 spiro atoms. The lowest BCUT2D eigenvalue weighted by molar-refractivity contribution is -0.126. The molecule has 1 aliphatic rings. The van der Waals surface area contributed by atoms with E-state index in [0.29, 0.717) is 11.4 Å². The van der Waals surface area contributed by atoms with Crippen molar-refractivity contribution in [2.75, 3.05) is 12.3 Å². The van der Waals surface area contributed by atoms with Crippen molar-refractivity contribution in [3.63, 3.8) is 0 Å². The number of rotatable bonds is 4. The summed E-state index contributed by atoms with van der Waals surface area (Å²) in [6, 6.07) is 4.54. The lowest BCUT2D eigenvalue weighted by Crippen LogP contribution is -2.40. The number of carbonyl (C=O) groups is 3. The standard InChI is InChI=1S/C14H17N3O3/c1-3-16-8(2)7-11(18)17-13(19)9-5-4-6-10(15)12(9)14(17)20/h4-6,8,16H,3,7,15H2,1-2H3. The van der Waals surface area contributed by atoms with Gasteiger partial charge < -0.3 is 11.1 Å². The predicted octanol–water partition coefficient (Wildman–Crippen LogP) is 0.779. The zero-order chi connectivity index (χ0) is 14.9. The highest BCUT2D eigenvalue weighted by Gasteiger charge is 2.41. The van der Waals surface area contributed by atoms with E-state index < -0.39 is 17.7 Å². The number of nitrogens with zero attached hydrogens (tertiary/aromatic N) is 1. The van der Waals surface area contributed by atoms with Crippen LogP contribution in [-0.4, -0.2) is 35.2 Å². The monoisotopic (exact) mass is 275 g/mol. The third kappa shape index (κ3) is 2.30. The molecule has 1 aromatic rings. The SMILES string of the molecule is CCNC(C)CC(=O)N1C(=O)c2cccc(N)c2C1=O. The van der Waals surface area contributed by atoms with Crippen molar-refractivity contribution in [1.82, 2.24) is 10.2 Å². The van der Waals surface area contributed by atoms with E-state index in [-0.39, 0.29) is 29.3 Å². The summed E-state index contributed by atoms with van der Waals surface area (Å²) in [4.78, 5) is 37.2. The van der Waals surface area contributed by atoms with Gasteiger partial charge in [-0.3, -0.25) is 14.4 Å². The lowest BCUT2D eigenvalue weighted by atomic mass is 10.1. The maximum atomic E-state index is 12.2. The van der Waals surface area contributed by atoms with Gasteiger partial charge in [0.1, 0.15) is 0 Å². The molecule has 1 aromatic carbocycles. The van der Waals surface area contributed by atoms with Gasteiger partial charge in [-0.2, -0.15) is 0 Å². The van der Waals surface area contributed by atoms with Crippen molar-refractivity contribution in [1.29, 1.82) is 0 Å². The Balaban J connectivity index is 2.24. The highest BCUT2D eigenvalue weighted by atomic mass is 16.2. The fraction of sp³-hybridized carbons (Fsp3) is 0.357. The van der Waals surface area contributed by atoms with Gasteiger partial charge in [0.2, 0.25) is 5.91 Å². The number of benzene rings is 1. The molecule has 0 saturated carbocycles. The van der Waals surface area contributed by atoms with Crippen LogP contribution in [0.5, 0.6) is 0 Å². The molecule has 3 N–H and O–H groups in total. The van der Waals surface area contributed by atoms with Crippen LogP contribution in [0.25, 0.3) is 0 Å². The largest absolute Gasteiger partial charge is 0.398 e. The van der Waals surface area contributed by atoms with Crippen molar-refractivity contribution < 1.29 is 14.4 Å². The van der Waals surface area contributed by atoms with Gasteiger partial charge in [-0.15, -0.1) is 0 Å². The van der Waals surface area contributed by atoms with Crippen molar-refractivity contribution in [2.45, 2.75) is 26.3 Å². The van der Waals surface area contributed by atoms with Gasteiger partial charge in [0.25, 0.3) is 11.8 Å². The Kier molecular flexibility index (Phi) is 3.85. The minimum Gasteiger partial charge on any atom is -0.398 e. The van der Waals surface area contributed by atoms with Gasteiger partial charge in [0.15, 0.2) is 0 Å². The van der Waals surface area contributed by atoms with Gasteiger partial charge in [-0.25, -0.2) is 4.90 Å². The Labute approximate surface area is 116 Å². The smallest absolute Gasteiger partial charge is 0.270 e. The summed E-state index contributed by atoms with van der Waals surface area (Å²) in [6.07, 6.45) is 0.0826. The summed E-state index contributed by atoms with van der Waals surface area (Å²) >= 11 is 0. The molecule has 0 radical (unpaired) electrons. The second-order valence-electron chi connectivity index (χ2n) is 4.77. The summed E-state index contributed by atoms with van der Waals surface area (Å²) < 4.78 is 0. The van der Waals surface area contributed by atoms with Crippen LogP contribution in [0.1, 0.15) is 41.0 Å². The molecule has 1 aliphatic heterocycles. The zero-order valence-corrected chi connectivity index (χ0v) is 11.5. The van der Waals surface area contributed by atoms with Crippen LogP contribution in [0.4, 0.5) is 5.69 Å². The van der Waals surface area contributed by atoms with Crippen molar-refractivity contribution in [2.24, 2.45) is 0 Å². The van der Waals surface area contributed by atoms with Crippen LogP contribution in [0.2, 0.25) is 0 Å². The van der Waals surface area contributed by atoms with Gasteiger partial charge in [-0.05, 0) is 25.6 Å². The normalized spacial score (nSPS) is 15.4. The van der Waals surface area contributed by atoms with Gasteiger partial charge in [-0.1, -0.05) is 13.0 Å². The molecule has 6 nitrogen and oxygen atoms in total. The molecule has 0 fully saturated rings. The van der Waals surface area contributed by atoms with Crippen LogP contribution in [0.3, 0.4) is 0 Å². The van der Waals surface area contributed by atoms with E-state index in [4.69, 9.17) is 5.73 Å². The minimum absolute atomic E-state index is 0.0826. The van der Waals surface area contributed by atoms with Crippen LogP contribution >= 0.6 is 0 Å². The van der Waals surface area contributed by atoms with Gasteiger partial charge in [0.05, 0.1) is 11.1 Å². The lowest BCUT2D eigenvalue weighted by Gasteiger charge is -2.16.